The van der Waals surface area contributed by atoms with Crippen LogP contribution in [0.2, 0.25) is 0 Å². The minimum Gasteiger partial charge on any atom is -0.504 e. The largest absolute Gasteiger partial charge is 0.504 e. The molecule has 0 amide bonds. The molecule has 0 aliphatic heterocycles. The Kier molecular flexibility index (Phi) is 4.99. The van der Waals surface area contributed by atoms with E-state index in [0.717, 1.165) is 11.1 Å². The Hall–Kier alpha value is -2.75. The van der Waals surface area contributed by atoms with Gasteiger partial charge in [0.2, 0.25) is 0 Å². The molecule has 0 radical (unpaired) electrons. The number of phenolic OH excluding ortho intramolecular Hbond substituents is 2. The van der Waals surface area contributed by atoms with Gasteiger partial charge in [-0.05, 0) is 35.8 Å². The standard InChI is InChI=1S/C17H16O4/c18-15-8-6-14(12-16(15)19)7-9-17(20)21-11-10-13-4-2-1-3-5-13/h1-6,8,10-12,18-19H,7,9H2. The highest BCUT2D eigenvalue weighted by molar-refractivity contribution is 5.71. The molecule has 2 aromatic rings. The number of hydrogen-bond donors (Lipinski definition) is 2. The summed E-state index contributed by atoms with van der Waals surface area (Å²) in [5, 5.41) is 18.6. The molecule has 0 heterocycles. The number of ether oxygens (including phenoxy) is 1. The van der Waals surface area contributed by atoms with Gasteiger partial charge in [-0.2, -0.15) is 0 Å². The third-order valence-electron chi connectivity index (χ3n) is 2.92. The summed E-state index contributed by atoms with van der Waals surface area (Å²) in [4.78, 5) is 11.6. The van der Waals surface area contributed by atoms with Crippen LogP contribution in [0.25, 0.3) is 6.08 Å². The first-order valence-corrected chi connectivity index (χ1v) is 6.57. The summed E-state index contributed by atoms with van der Waals surface area (Å²) < 4.78 is 4.99. The molecule has 0 unspecified atom stereocenters. The van der Waals surface area contributed by atoms with E-state index < -0.39 is 0 Å². The van der Waals surface area contributed by atoms with Gasteiger partial charge in [0, 0.05) is 6.42 Å². The lowest BCUT2D eigenvalue weighted by molar-refractivity contribution is -0.137. The maximum absolute atomic E-state index is 11.6. The maximum Gasteiger partial charge on any atom is 0.310 e. The van der Waals surface area contributed by atoms with Gasteiger partial charge >= 0.3 is 5.97 Å². The molecular formula is C17H16O4. The number of rotatable bonds is 5. The Bertz CT molecular complexity index is 632. The highest BCUT2D eigenvalue weighted by Crippen LogP contribution is 2.25. The fraction of sp³-hybridized carbons (Fsp3) is 0.118. The van der Waals surface area contributed by atoms with Crippen molar-refractivity contribution in [3.8, 4) is 11.5 Å². The number of aryl methyl sites for hydroxylation is 1. The van der Waals surface area contributed by atoms with Gasteiger partial charge in [0.05, 0.1) is 6.26 Å². The summed E-state index contributed by atoms with van der Waals surface area (Å²) in [6.07, 6.45) is 3.71. The van der Waals surface area contributed by atoms with Crippen molar-refractivity contribution in [2.24, 2.45) is 0 Å². The summed E-state index contributed by atoms with van der Waals surface area (Å²) in [5.74, 6) is -0.716. The number of aromatic hydroxyl groups is 2. The van der Waals surface area contributed by atoms with E-state index in [9.17, 15) is 15.0 Å². The van der Waals surface area contributed by atoms with Gasteiger partial charge in [0.1, 0.15) is 0 Å². The molecule has 0 saturated carbocycles. The fourth-order valence-corrected chi connectivity index (χ4v) is 1.78. The van der Waals surface area contributed by atoms with Gasteiger partial charge in [-0.1, -0.05) is 36.4 Å². The Balaban J connectivity index is 1.79. The quantitative estimate of drug-likeness (QED) is 0.502. The van der Waals surface area contributed by atoms with Crippen molar-refractivity contribution in [2.45, 2.75) is 12.8 Å². The highest BCUT2D eigenvalue weighted by Gasteiger charge is 2.05. The van der Waals surface area contributed by atoms with Crippen LogP contribution >= 0.6 is 0 Å². The van der Waals surface area contributed by atoms with E-state index in [1.165, 1.54) is 18.4 Å². The van der Waals surface area contributed by atoms with Crippen LogP contribution in [-0.4, -0.2) is 16.2 Å². The number of carbonyl (C=O) groups excluding carboxylic acids is 1. The Morgan fingerprint density at radius 3 is 2.52 bits per heavy atom. The van der Waals surface area contributed by atoms with Crippen molar-refractivity contribution in [2.75, 3.05) is 0 Å². The van der Waals surface area contributed by atoms with Crippen LogP contribution in [0.1, 0.15) is 17.5 Å². The summed E-state index contributed by atoms with van der Waals surface area (Å²) in [5.41, 5.74) is 1.71. The van der Waals surface area contributed by atoms with Crippen molar-refractivity contribution in [3.05, 3.63) is 65.9 Å². The zero-order chi connectivity index (χ0) is 15.1. The smallest absolute Gasteiger partial charge is 0.310 e. The zero-order valence-corrected chi connectivity index (χ0v) is 11.4. The summed E-state index contributed by atoms with van der Waals surface area (Å²) in [6.45, 7) is 0. The monoisotopic (exact) mass is 284 g/mol. The predicted molar refractivity (Wildman–Crippen MR) is 79.7 cm³/mol. The first kappa shape index (κ1) is 14.7. The van der Waals surface area contributed by atoms with Crippen molar-refractivity contribution >= 4 is 12.0 Å². The lowest BCUT2D eigenvalue weighted by Crippen LogP contribution is -2.01. The van der Waals surface area contributed by atoms with Crippen molar-refractivity contribution in [3.63, 3.8) is 0 Å². The third-order valence-corrected chi connectivity index (χ3v) is 2.92. The van der Waals surface area contributed by atoms with Crippen molar-refractivity contribution in [1.29, 1.82) is 0 Å². The molecule has 0 saturated heterocycles. The number of esters is 1. The van der Waals surface area contributed by atoms with Crippen LogP contribution in [0.3, 0.4) is 0 Å². The minimum atomic E-state index is -0.352. The van der Waals surface area contributed by atoms with Gasteiger partial charge in [-0.25, -0.2) is 0 Å². The van der Waals surface area contributed by atoms with E-state index in [1.807, 2.05) is 30.3 Å². The van der Waals surface area contributed by atoms with Gasteiger partial charge < -0.3 is 14.9 Å². The average Bonchev–Trinajstić information content (AvgIpc) is 2.49. The summed E-state index contributed by atoms with van der Waals surface area (Å²) in [6, 6.07) is 14.0. The summed E-state index contributed by atoms with van der Waals surface area (Å²) in [7, 11) is 0. The lowest BCUT2D eigenvalue weighted by atomic mass is 10.1. The van der Waals surface area contributed by atoms with E-state index in [2.05, 4.69) is 0 Å². The van der Waals surface area contributed by atoms with Crippen LogP contribution < -0.4 is 0 Å². The summed E-state index contributed by atoms with van der Waals surface area (Å²) >= 11 is 0. The number of phenols is 2. The molecule has 0 spiro atoms. The van der Waals surface area contributed by atoms with E-state index in [-0.39, 0.29) is 23.9 Å². The zero-order valence-electron chi connectivity index (χ0n) is 11.4. The van der Waals surface area contributed by atoms with Crippen LogP contribution in [-0.2, 0) is 16.0 Å². The molecule has 4 heteroatoms. The van der Waals surface area contributed by atoms with Gasteiger partial charge in [-0.15, -0.1) is 0 Å². The molecule has 4 nitrogen and oxygen atoms in total. The lowest BCUT2D eigenvalue weighted by Gasteiger charge is -2.03. The van der Waals surface area contributed by atoms with Crippen molar-refractivity contribution in [1.82, 2.24) is 0 Å². The van der Waals surface area contributed by atoms with Crippen LogP contribution in [0.15, 0.2) is 54.8 Å². The molecule has 0 bridgehead atoms. The normalized spacial score (nSPS) is 10.7. The molecular weight excluding hydrogens is 268 g/mol. The molecule has 21 heavy (non-hydrogen) atoms. The number of benzene rings is 2. The predicted octanol–water partition coefficient (Wildman–Crippen LogP) is 3.24. The first-order chi connectivity index (χ1) is 10.1. The second-order valence-electron chi connectivity index (χ2n) is 4.53. The Morgan fingerprint density at radius 1 is 1.05 bits per heavy atom. The molecule has 0 atom stereocenters. The molecule has 2 N–H and O–H groups in total. The van der Waals surface area contributed by atoms with Crippen LogP contribution in [0.4, 0.5) is 0 Å². The topological polar surface area (TPSA) is 66.8 Å². The number of carbonyl (C=O) groups is 1. The second kappa shape index (κ2) is 7.14. The average molecular weight is 284 g/mol. The Morgan fingerprint density at radius 2 is 1.81 bits per heavy atom. The van der Waals surface area contributed by atoms with E-state index in [0.29, 0.717) is 6.42 Å². The van der Waals surface area contributed by atoms with Crippen LogP contribution in [0, 0.1) is 0 Å². The highest BCUT2D eigenvalue weighted by atomic mass is 16.5. The Labute approximate surface area is 122 Å². The van der Waals surface area contributed by atoms with Gasteiger partial charge in [0.25, 0.3) is 0 Å². The molecule has 0 aliphatic carbocycles. The molecule has 108 valence electrons. The SMILES string of the molecule is O=C(CCc1ccc(O)c(O)c1)OC=Cc1ccccc1. The molecule has 0 aliphatic rings. The first-order valence-electron chi connectivity index (χ1n) is 6.57. The maximum atomic E-state index is 11.6. The van der Waals surface area contributed by atoms with Crippen LogP contribution in [0.5, 0.6) is 11.5 Å². The molecule has 2 rings (SSSR count). The van der Waals surface area contributed by atoms with E-state index in [4.69, 9.17) is 4.74 Å². The van der Waals surface area contributed by atoms with Gasteiger partial charge in [-0.3, -0.25) is 4.79 Å². The van der Waals surface area contributed by atoms with E-state index in [1.54, 1.807) is 12.1 Å². The minimum absolute atomic E-state index is 0.174. The van der Waals surface area contributed by atoms with Crippen molar-refractivity contribution < 1.29 is 19.7 Å². The second-order valence-corrected chi connectivity index (χ2v) is 4.53. The fourth-order valence-electron chi connectivity index (χ4n) is 1.78. The number of hydrogen-bond acceptors (Lipinski definition) is 4. The third kappa shape index (κ3) is 4.69. The molecule has 2 aromatic carbocycles. The molecule has 0 fully saturated rings. The van der Waals surface area contributed by atoms with E-state index >= 15 is 0 Å². The van der Waals surface area contributed by atoms with Gasteiger partial charge in [0.15, 0.2) is 11.5 Å². The molecule has 0 aromatic heterocycles.